The van der Waals surface area contributed by atoms with Gasteiger partial charge in [0.15, 0.2) is 24.6 Å². The molecular weight excluding hydrogens is 709 g/mol. The molecule has 6 aromatic rings. The third-order valence-corrected chi connectivity index (χ3v) is 9.59. The lowest BCUT2D eigenvalue weighted by atomic mass is 9.80. The Labute approximate surface area is 325 Å². The molecule has 9 heteroatoms. The summed E-state index contributed by atoms with van der Waals surface area (Å²) in [5.74, 6) is -2.17. The smallest absolute Gasteiger partial charge is 0.338 e. The maximum absolute atomic E-state index is 13.9. The summed E-state index contributed by atoms with van der Waals surface area (Å²) in [6.07, 6.45) is -6.57. The average molecular weight is 749 g/mol. The first-order valence-electron chi connectivity index (χ1n) is 18.2. The number of rotatable bonds is 13. The Hall–Kier alpha value is -6.39. The summed E-state index contributed by atoms with van der Waals surface area (Å²) in [6.45, 7) is -0.204. The molecule has 0 spiro atoms. The summed E-state index contributed by atoms with van der Waals surface area (Å²) < 4.78 is 38.1. The zero-order valence-corrected chi connectivity index (χ0v) is 30.6. The molecule has 6 aromatic carbocycles. The molecule has 1 aliphatic heterocycles. The van der Waals surface area contributed by atoms with E-state index in [9.17, 15) is 14.4 Å². The molecule has 0 aromatic heterocycles. The molecule has 7 rings (SSSR count). The molecule has 282 valence electrons. The standard InChI is InChI=1S/C47H40O9/c1-51-46-42(56-45(50)35-24-12-4-13-25-35)41(55-44(49)34-22-10-3-11-23-34)40(54-43(48)33-20-8-2-9-21-33)39(53-46)32-52-47(36-26-14-5-15-27-36,37-28-16-6-17-29-37)38-30-18-7-19-31-38/h2-31,39-42,46H,32H2,1H3/t39-,40-,41-,42+,46-/m1/s1. The quantitative estimate of drug-likeness (QED) is 0.0659. The third kappa shape index (κ3) is 8.30. The summed E-state index contributed by atoms with van der Waals surface area (Å²) >= 11 is 0. The fourth-order valence-electron chi connectivity index (χ4n) is 6.88. The Balaban J connectivity index is 1.33. The van der Waals surface area contributed by atoms with Crippen LogP contribution >= 0.6 is 0 Å². The van der Waals surface area contributed by atoms with Crippen molar-refractivity contribution in [1.29, 1.82) is 0 Å². The lowest BCUT2D eigenvalue weighted by molar-refractivity contribution is -0.296. The average Bonchev–Trinajstić information content (AvgIpc) is 3.27. The van der Waals surface area contributed by atoms with Crippen molar-refractivity contribution in [2.75, 3.05) is 13.7 Å². The SMILES string of the molecule is CO[C@@H]1O[C@H](COC(c2ccccc2)(c2ccccc2)c2ccccc2)[C@@H](OC(=O)c2ccccc2)[C@@H](OC(=O)c2ccccc2)[C@@H]1OC(=O)c1ccccc1. The van der Waals surface area contributed by atoms with Crippen molar-refractivity contribution >= 4 is 17.9 Å². The van der Waals surface area contributed by atoms with Crippen molar-refractivity contribution in [3.8, 4) is 0 Å². The van der Waals surface area contributed by atoms with E-state index in [1.807, 2.05) is 91.0 Å². The third-order valence-electron chi connectivity index (χ3n) is 9.59. The van der Waals surface area contributed by atoms with E-state index in [0.717, 1.165) is 16.7 Å². The van der Waals surface area contributed by atoms with Gasteiger partial charge in [0.1, 0.15) is 11.7 Å². The van der Waals surface area contributed by atoms with Gasteiger partial charge < -0.3 is 28.4 Å². The molecule has 1 fully saturated rings. The Bertz CT molecular complexity index is 2070. The van der Waals surface area contributed by atoms with Crippen LogP contribution in [-0.2, 0) is 34.0 Å². The Morgan fingerprint density at radius 2 is 0.786 bits per heavy atom. The summed E-state index contributed by atoms with van der Waals surface area (Å²) in [7, 11) is 1.39. The van der Waals surface area contributed by atoms with Gasteiger partial charge in [-0.15, -0.1) is 0 Å². The first kappa shape index (κ1) is 37.9. The molecule has 1 aliphatic rings. The number of carbonyl (C=O) groups excluding carboxylic acids is 3. The van der Waals surface area contributed by atoms with E-state index < -0.39 is 54.2 Å². The predicted molar refractivity (Wildman–Crippen MR) is 208 cm³/mol. The zero-order valence-electron chi connectivity index (χ0n) is 30.6. The fourth-order valence-corrected chi connectivity index (χ4v) is 6.88. The minimum Gasteiger partial charge on any atom is -0.452 e. The van der Waals surface area contributed by atoms with Gasteiger partial charge >= 0.3 is 17.9 Å². The highest BCUT2D eigenvalue weighted by molar-refractivity contribution is 5.91. The molecule has 56 heavy (non-hydrogen) atoms. The van der Waals surface area contributed by atoms with Crippen molar-refractivity contribution in [2.24, 2.45) is 0 Å². The van der Waals surface area contributed by atoms with Crippen molar-refractivity contribution in [3.05, 3.63) is 215 Å². The number of ether oxygens (including phenoxy) is 6. The highest BCUT2D eigenvalue weighted by Crippen LogP contribution is 2.42. The maximum atomic E-state index is 13.9. The second kappa shape index (κ2) is 17.8. The lowest BCUT2D eigenvalue weighted by Gasteiger charge is -2.45. The molecule has 1 heterocycles. The first-order chi connectivity index (χ1) is 27.5. The topological polar surface area (TPSA) is 107 Å². The zero-order chi connectivity index (χ0) is 38.7. The van der Waals surface area contributed by atoms with Crippen LogP contribution in [0.4, 0.5) is 0 Å². The summed E-state index contributed by atoms with van der Waals surface area (Å²) in [5, 5.41) is 0. The fraction of sp³-hybridized carbons (Fsp3) is 0.170. The van der Waals surface area contributed by atoms with Crippen molar-refractivity contribution in [1.82, 2.24) is 0 Å². The van der Waals surface area contributed by atoms with E-state index in [-0.39, 0.29) is 23.3 Å². The van der Waals surface area contributed by atoms with Crippen LogP contribution in [0.3, 0.4) is 0 Å². The van der Waals surface area contributed by atoms with Crippen LogP contribution < -0.4 is 0 Å². The largest absolute Gasteiger partial charge is 0.452 e. The summed E-state index contributed by atoms with van der Waals surface area (Å²) in [5.41, 5.74) is 2.04. The number of hydrogen-bond donors (Lipinski definition) is 0. The van der Waals surface area contributed by atoms with Crippen LogP contribution in [-0.4, -0.2) is 62.3 Å². The number of carbonyl (C=O) groups is 3. The van der Waals surface area contributed by atoms with Crippen LogP contribution in [0.5, 0.6) is 0 Å². The summed E-state index contributed by atoms with van der Waals surface area (Å²) in [4.78, 5) is 41.4. The number of benzene rings is 6. The van der Waals surface area contributed by atoms with Crippen LogP contribution in [0.15, 0.2) is 182 Å². The number of methoxy groups -OCH3 is 1. The summed E-state index contributed by atoms with van der Waals surface area (Å²) in [6, 6.07) is 54.4. The van der Waals surface area contributed by atoms with Gasteiger partial charge in [0.05, 0.1) is 23.3 Å². The molecule has 0 N–H and O–H groups in total. The van der Waals surface area contributed by atoms with E-state index >= 15 is 0 Å². The monoisotopic (exact) mass is 748 g/mol. The molecule has 5 atom stereocenters. The van der Waals surface area contributed by atoms with Crippen LogP contribution in [0.1, 0.15) is 47.8 Å². The normalized spacial score (nSPS) is 19.3. The van der Waals surface area contributed by atoms with Gasteiger partial charge in [-0.1, -0.05) is 146 Å². The van der Waals surface area contributed by atoms with E-state index in [2.05, 4.69) is 0 Å². The van der Waals surface area contributed by atoms with Gasteiger partial charge in [-0.2, -0.15) is 0 Å². The van der Waals surface area contributed by atoms with E-state index in [4.69, 9.17) is 28.4 Å². The maximum Gasteiger partial charge on any atom is 0.338 e. The molecule has 0 aliphatic carbocycles. The number of esters is 3. The molecule has 0 saturated carbocycles. The molecule has 0 bridgehead atoms. The second-order valence-electron chi connectivity index (χ2n) is 13.1. The van der Waals surface area contributed by atoms with Gasteiger partial charge in [-0.25, -0.2) is 14.4 Å². The van der Waals surface area contributed by atoms with E-state index in [0.29, 0.717) is 0 Å². The minimum atomic E-state index is -1.42. The molecule has 1 saturated heterocycles. The molecule has 0 unspecified atom stereocenters. The molecule has 0 radical (unpaired) electrons. The van der Waals surface area contributed by atoms with Crippen LogP contribution in [0, 0.1) is 0 Å². The van der Waals surface area contributed by atoms with Gasteiger partial charge in [0.25, 0.3) is 0 Å². The van der Waals surface area contributed by atoms with Crippen molar-refractivity contribution < 1.29 is 42.8 Å². The minimum absolute atomic E-state index is 0.204. The van der Waals surface area contributed by atoms with E-state index in [1.54, 1.807) is 91.0 Å². The van der Waals surface area contributed by atoms with Crippen molar-refractivity contribution in [3.63, 3.8) is 0 Å². The van der Waals surface area contributed by atoms with Gasteiger partial charge in [0.2, 0.25) is 0 Å². The Morgan fingerprint density at radius 1 is 0.464 bits per heavy atom. The van der Waals surface area contributed by atoms with E-state index in [1.165, 1.54) is 7.11 Å². The predicted octanol–water partition coefficient (Wildman–Crippen LogP) is 8.04. The van der Waals surface area contributed by atoms with Crippen molar-refractivity contribution in [2.45, 2.75) is 36.3 Å². The van der Waals surface area contributed by atoms with Crippen LogP contribution in [0.2, 0.25) is 0 Å². The van der Waals surface area contributed by atoms with Gasteiger partial charge in [0, 0.05) is 7.11 Å². The molecule has 0 amide bonds. The molecular formula is C47H40O9. The number of hydrogen-bond acceptors (Lipinski definition) is 9. The highest BCUT2D eigenvalue weighted by atomic mass is 16.7. The first-order valence-corrected chi connectivity index (χ1v) is 18.2. The van der Waals surface area contributed by atoms with Crippen LogP contribution in [0.25, 0.3) is 0 Å². The highest BCUT2D eigenvalue weighted by Gasteiger charge is 2.54. The Kier molecular flexibility index (Phi) is 12.1. The Morgan fingerprint density at radius 3 is 1.14 bits per heavy atom. The van der Waals surface area contributed by atoms with Gasteiger partial charge in [-0.3, -0.25) is 0 Å². The van der Waals surface area contributed by atoms with Gasteiger partial charge in [-0.05, 0) is 53.1 Å². The lowest BCUT2D eigenvalue weighted by Crippen LogP contribution is -2.63. The molecule has 9 nitrogen and oxygen atoms in total. The second-order valence-corrected chi connectivity index (χ2v) is 13.1.